The highest BCUT2D eigenvalue weighted by Crippen LogP contribution is 2.43. The molecule has 0 saturated carbocycles. The van der Waals surface area contributed by atoms with E-state index in [-0.39, 0.29) is 5.78 Å². The van der Waals surface area contributed by atoms with E-state index >= 15 is 0 Å². The van der Waals surface area contributed by atoms with Crippen molar-refractivity contribution in [3.63, 3.8) is 0 Å². The van der Waals surface area contributed by atoms with E-state index in [1.807, 2.05) is 12.1 Å². The highest BCUT2D eigenvalue weighted by Gasteiger charge is 2.29. The number of aryl methyl sites for hydroxylation is 1. The largest absolute Gasteiger partial charge is 0.496 e. The van der Waals surface area contributed by atoms with E-state index in [9.17, 15) is 9.59 Å². The molecule has 2 N–H and O–H groups in total. The number of methoxy groups -OCH3 is 1. The third kappa shape index (κ3) is 8.05. The number of primary amides is 1. The lowest BCUT2D eigenvalue weighted by Gasteiger charge is -2.22. The smallest absolute Gasteiger partial charge is 0.250 e. The summed E-state index contributed by atoms with van der Waals surface area (Å²) in [5.74, 6) is 0.772. The molecule has 1 aliphatic rings. The number of pyridine rings is 1. The van der Waals surface area contributed by atoms with Crippen LogP contribution < -0.4 is 10.5 Å². The summed E-state index contributed by atoms with van der Waals surface area (Å²) >= 11 is 12.6. The summed E-state index contributed by atoms with van der Waals surface area (Å²) in [5, 5.41) is 5.59. The van der Waals surface area contributed by atoms with Crippen LogP contribution in [0.4, 0.5) is 0 Å². The number of ether oxygens (including phenoxy) is 1. The fourth-order valence-electron chi connectivity index (χ4n) is 5.54. The van der Waals surface area contributed by atoms with E-state index in [1.165, 1.54) is 26.1 Å². The van der Waals surface area contributed by atoms with Crippen molar-refractivity contribution in [2.45, 2.75) is 47.0 Å². The predicted octanol–water partition coefficient (Wildman–Crippen LogP) is 7.86. The van der Waals surface area contributed by atoms with Gasteiger partial charge in [0.05, 0.1) is 24.1 Å². The number of likely N-dealkylation sites (N-methyl/N-ethyl adjacent to an activating group) is 1. The Balaban J connectivity index is 0.000000375. The Morgan fingerprint density at radius 3 is 2.41 bits per heavy atom. The summed E-state index contributed by atoms with van der Waals surface area (Å²) in [7, 11) is 3.77. The molecule has 242 valence electrons. The highest BCUT2D eigenvalue weighted by atomic mass is 35.5. The van der Waals surface area contributed by atoms with Crippen molar-refractivity contribution in [1.29, 1.82) is 0 Å². The van der Waals surface area contributed by atoms with Gasteiger partial charge >= 0.3 is 0 Å². The Labute approximate surface area is 281 Å². The second kappa shape index (κ2) is 15.5. The van der Waals surface area contributed by atoms with Crippen molar-refractivity contribution in [3.05, 3.63) is 93.4 Å². The first-order chi connectivity index (χ1) is 22.0. The first-order valence-electron chi connectivity index (χ1n) is 15.3. The predicted molar refractivity (Wildman–Crippen MR) is 186 cm³/mol. The maximum Gasteiger partial charge on any atom is 0.250 e. The van der Waals surface area contributed by atoms with Crippen LogP contribution in [0.15, 0.2) is 60.9 Å². The first-order valence-corrected chi connectivity index (χ1v) is 16.1. The number of amides is 1. The number of rotatable bonds is 10. The number of allylic oxidation sites excluding steroid dienone is 1. The molecule has 2 aromatic carbocycles. The molecule has 0 radical (unpaired) electrons. The number of halogens is 2. The highest BCUT2D eigenvalue weighted by molar-refractivity contribution is 6.34. The summed E-state index contributed by atoms with van der Waals surface area (Å²) in [6.07, 6.45) is 10.0. The van der Waals surface area contributed by atoms with Crippen LogP contribution in [0.3, 0.4) is 0 Å². The Morgan fingerprint density at radius 2 is 1.80 bits per heavy atom. The molecule has 2 aromatic heterocycles. The Kier molecular flexibility index (Phi) is 11.8. The lowest BCUT2D eigenvalue weighted by Crippen LogP contribution is -2.24. The van der Waals surface area contributed by atoms with E-state index < -0.39 is 5.91 Å². The second-order valence-electron chi connectivity index (χ2n) is 11.6. The summed E-state index contributed by atoms with van der Waals surface area (Å²) in [6.45, 7) is 10.4. The molecule has 1 amide bonds. The van der Waals surface area contributed by atoms with Gasteiger partial charge < -0.3 is 15.4 Å². The van der Waals surface area contributed by atoms with E-state index in [2.05, 4.69) is 55.0 Å². The van der Waals surface area contributed by atoms with Gasteiger partial charge in [0.25, 0.3) is 0 Å². The zero-order chi connectivity index (χ0) is 33.5. The normalized spacial score (nSPS) is 12.7. The molecule has 0 saturated heterocycles. The molecule has 10 heteroatoms. The van der Waals surface area contributed by atoms with Crippen LogP contribution in [0, 0.1) is 5.92 Å². The molecule has 0 unspecified atom stereocenters. The number of ketones is 1. The number of hydrogen-bond acceptors (Lipinski definition) is 6. The minimum absolute atomic E-state index is 0.122. The van der Waals surface area contributed by atoms with Crippen LogP contribution in [0.1, 0.15) is 66.1 Å². The average Bonchev–Trinajstić information content (AvgIpc) is 3.43. The molecule has 46 heavy (non-hydrogen) atoms. The number of hydrogen-bond donors (Lipinski definition) is 1. The van der Waals surface area contributed by atoms with Crippen LogP contribution in [-0.2, 0) is 12.8 Å². The van der Waals surface area contributed by atoms with E-state index in [1.54, 1.807) is 42.3 Å². The van der Waals surface area contributed by atoms with Crippen LogP contribution in [0.25, 0.3) is 28.1 Å². The maximum absolute atomic E-state index is 12.5. The van der Waals surface area contributed by atoms with Crippen molar-refractivity contribution in [2.75, 3.05) is 27.2 Å². The standard InChI is InChI=1S/C26H20Cl2N4O3.C10H21N/c1-13(33)24-20-4-3-14-6-23(35-2)21(15-5-16(26(29)34)12-30-11-15)10-22(14)25(20)32(31-24)19-8-17(27)7-18(28)9-19;1-5-7-8-11(4)9-10(3)6-2/h5-12H,3-4H2,1-2H3,(H2,29,34);5,7,10H,6,8-9H2,1-4H3/b;7-5-/t;10-/m.1/s1. The van der Waals surface area contributed by atoms with Gasteiger partial charge in [0, 0.05) is 64.7 Å². The molecular formula is C36H41Cl2N5O3. The molecule has 0 spiro atoms. The quantitative estimate of drug-likeness (QED) is 0.137. The van der Waals surface area contributed by atoms with Gasteiger partial charge in [-0.05, 0) is 74.7 Å². The Morgan fingerprint density at radius 1 is 1.09 bits per heavy atom. The Hall–Kier alpha value is -3.98. The molecule has 0 aliphatic heterocycles. The summed E-state index contributed by atoms with van der Waals surface area (Å²) in [5.41, 5.74) is 11.8. The van der Waals surface area contributed by atoms with Crippen molar-refractivity contribution >= 4 is 34.9 Å². The minimum atomic E-state index is -0.569. The fraction of sp³-hybridized carbons (Fsp3) is 0.333. The third-order valence-electron chi connectivity index (χ3n) is 8.04. The van der Waals surface area contributed by atoms with Crippen molar-refractivity contribution in [2.24, 2.45) is 11.7 Å². The summed E-state index contributed by atoms with van der Waals surface area (Å²) < 4.78 is 7.41. The molecular weight excluding hydrogens is 621 g/mol. The van der Waals surface area contributed by atoms with Crippen molar-refractivity contribution < 1.29 is 14.3 Å². The molecule has 8 nitrogen and oxygen atoms in total. The second-order valence-corrected chi connectivity index (χ2v) is 12.5. The van der Waals surface area contributed by atoms with Gasteiger partial charge in [-0.25, -0.2) is 4.68 Å². The van der Waals surface area contributed by atoms with E-state index in [0.29, 0.717) is 51.1 Å². The van der Waals surface area contributed by atoms with Gasteiger partial charge in [0.15, 0.2) is 5.78 Å². The van der Waals surface area contributed by atoms with Gasteiger partial charge in [-0.15, -0.1) is 0 Å². The average molecular weight is 663 g/mol. The van der Waals surface area contributed by atoms with Crippen molar-refractivity contribution in [1.82, 2.24) is 19.7 Å². The molecule has 1 atom stereocenters. The molecule has 0 bridgehead atoms. The number of carbonyl (C=O) groups excluding carboxylic acids is 2. The zero-order valence-electron chi connectivity index (χ0n) is 27.2. The number of Topliss-reactive ketones (excluding diaryl/α,β-unsaturated/α-hetero) is 1. The lowest BCUT2D eigenvalue weighted by atomic mass is 9.86. The number of carbonyl (C=O) groups is 2. The first kappa shape index (κ1) is 34.9. The van der Waals surface area contributed by atoms with Gasteiger partial charge in [-0.2, -0.15) is 5.10 Å². The fourth-order valence-corrected chi connectivity index (χ4v) is 6.06. The molecule has 4 aromatic rings. The number of nitrogens with zero attached hydrogens (tertiary/aromatic N) is 4. The topological polar surface area (TPSA) is 103 Å². The molecule has 1 aliphatic carbocycles. The number of nitrogens with two attached hydrogens (primary N) is 1. The zero-order valence-corrected chi connectivity index (χ0v) is 28.7. The molecule has 5 rings (SSSR count). The maximum atomic E-state index is 12.5. The summed E-state index contributed by atoms with van der Waals surface area (Å²) in [4.78, 5) is 30.8. The number of benzene rings is 2. The van der Waals surface area contributed by atoms with Crippen molar-refractivity contribution in [3.8, 4) is 33.8 Å². The van der Waals surface area contributed by atoms with Crippen LogP contribution in [-0.4, -0.2) is 58.6 Å². The molecule has 0 fully saturated rings. The summed E-state index contributed by atoms with van der Waals surface area (Å²) in [6, 6.07) is 10.8. The number of fused-ring (bicyclic) bond motifs is 3. The third-order valence-corrected chi connectivity index (χ3v) is 8.48. The van der Waals surface area contributed by atoms with Gasteiger partial charge in [0.1, 0.15) is 11.4 Å². The van der Waals surface area contributed by atoms with Crippen LogP contribution in [0.2, 0.25) is 10.0 Å². The number of aromatic nitrogens is 3. The molecule has 2 heterocycles. The lowest BCUT2D eigenvalue weighted by molar-refractivity contribution is 0.0994. The monoisotopic (exact) mass is 661 g/mol. The van der Waals surface area contributed by atoms with Gasteiger partial charge in [-0.1, -0.05) is 55.6 Å². The van der Waals surface area contributed by atoms with Crippen LogP contribution in [0.5, 0.6) is 5.75 Å². The van der Waals surface area contributed by atoms with Gasteiger partial charge in [-0.3, -0.25) is 14.6 Å². The van der Waals surface area contributed by atoms with E-state index in [0.717, 1.165) is 40.4 Å². The van der Waals surface area contributed by atoms with Gasteiger partial charge in [0.2, 0.25) is 5.91 Å². The Bertz CT molecular complexity index is 1740. The van der Waals surface area contributed by atoms with E-state index in [4.69, 9.17) is 33.7 Å². The van der Waals surface area contributed by atoms with Crippen LogP contribution >= 0.6 is 23.2 Å². The minimum Gasteiger partial charge on any atom is -0.496 e. The SMILES string of the molecule is C/C=C\CN(C)C[C@H](C)CC.COc1cc2c(cc1-c1cncc(C(N)=O)c1)-c1c(c(C(C)=O)nn1-c1cc(Cl)cc(Cl)c1)CC2.